The Morgan fingerprint density at radius 3 is 2.92 bits per heavy atom. The Hall–Kier alpha value is -0.770. The Bertz CT molecular complexity index is 220. The highest BCUT2D eigenvalue weighted by Crippen LogP contribution is 2.30. The van der Waals surface area contributed by atoms with Crippen molar-refractivity contribution in [2.24, 2.45) is 5.92 Å². The summed E-state index contributed by atoms with van der Waals surface area (Å²) in [6.45, 7) is 4.53. The van der Waals surface area contributed by atoms with E-state index >= 15 is 0 Å². The zero-order chi connectivity index (χ0) is 8.97. The fourth-order valence-corrected chi connectivity index (χ4v) is 1.95. The molecular weight excluding hydrogens is 146 g/mol. The summed E-state index contributed by atoms with van der Waals surface area (Å²) >= 11 is 0. The first kappa shape index (κ1) is 9.32. The van der Waals surface area contributed by atoms with Gasteiger partial charge in [0.15, 0.2) is 0 Å². The molecule has 0 radical (unpaired) electrons. The zero-order valence-corrected chi connectivity index (χ0v) is 8.06. The molecule has 1 atom stereocenters. The third kappa shape index (κ3) is 2.37. The first-order valence-electron chi connectivity index (χ1n) is 4.78. The van der Waals surface area contributed by atoms with Crippen LogP contribution in [0.2, 0.25) is 0 Å². The number of allylic oxidation sites excluding steroid dienone is 2. The molecule has 0 heterocycles. The van der Waals surface area contributed by atoms with Gasteiger partial charge in [-0.3, -0.25) is 0 Å². The molecule has 1 rings (SSSR count). The normalized spacial score (nSPS) is 23.9. The molecule has 0 aromatic heterocycles. The molecule has 1 unspecified atom stereocenters. The number of rotatable bonds is 2. The average Bonchev–Trinajstić information content (AvgIpc) is 2.03. The Balaban J connectivity index is 2.52. The molecule has 0 saturated carbocycles. The van der Waals surface area contributed by atoms with E-state index < -0.39 is 0 Å². The maximum Gasteiger partial charge on any atom is 0.0625 e. The zero-order valence-electron chi connectivity index (χ0n) is 8.06. The molecule has 0 fully saturated rings. The van der Waals surface area contributed by atoms with Crippen molar-refractivity contribution in [3.8, 4) is 6.07 Å². The first-order chi connectivity index (χ1) is 5.74. The van der Waals surface area contributed by atoms with Crippen LogP contribution in [0.25, 0.3) is 0 Å². The topological polar surface area (TPSA) is 23.8 Å². The summed E-state index contributed by atoms with van der Waals surface area (Å²) < 4.78 is 0. The molecule has 1 heteroatoms. The summed E-state index contributed by atoms with van der Waals surface area (Å²) in [5.41, 5.74) is 3.10. The summed E-state index contributed by atoms with van der Waals surface area (Å²) in [5, 5.41) is 8.46. The molecule has 0 aliphatic heterocycles. The van der Waals surface area contributed by atoms with Crippen LogP contribution in [-0.4, -0.2) is 0 Å². The standard InChI is InChI=1S/C11H17N/c1-9-5-6-11(4-3-7-12)10(2)8-9/h9H,3-6,8H2,1-2H3. The van der Waals surface area contributed by atoms with E-state index in [0.29, 0.717) is 6.42 Å². The van der Waals surface area contributed by atoms with Crippen LogP contribution in [0.4, 0.5) is 0 Å². The number of nitriles is 1. The molecule has 1 aliphatic rings. The van der Waals surface area contributed by atoms with E-state index in [1.54, 1.807) is 11.1 Å². The van der Waals surface area contributed by atoms with Crippen LogP contribution in [0, 0.1) is 17.2 Å². The van der Waals surface area contributed by atoms with Gasteiger partial charge < -0.3 is 0 Å². The summed E-state index contributed by atoms with van der Waals surface area (Å²) in [5.74, 6) is 0.857. The second-order valence-electron chi connectivity index (χ2n) is 3.89. The van der Waals surface area contributed by atoms with E-state index in [0.717, 1.165) is 12.3 Å². The van der Waals surface area contributed by atoms with Crippen LogP contribution in [-0.2, 0) is 0 Å². The Morgan fingerprint density at radius 1 is 1.58 bits per heavy atom. The van der Waals surface area contributed by atoms with Crippen molar-refractivity contribution >= 4 is 0 Å². The predicted molar refractivity (Wildman–Crippen MR) is 50.6 cm³/mol. The largest absolute Gasteiger partial charge is 0.198 e. The van der Waals surface area contributed by atoms with Crippen LogP contribution in [0.5, 0.6) is 0 Å². The van der Waals surface area contributed by atoms with Gasteiger partial charge in [0.05, 0.1) is 6.07 Å². The lowest BCUT2D eigenvalue weighted by Gasteiger charge is -2.22. The summed E-state index contributed by atoms with van der Waals surface area (Å²) in [6, 6.07) is 2.21. The highest BCUT2D eigenvalue weighted by Gasteiger charge is 2.14. The van der Waals surface area contributed by atoms with E-state index in [2.05, 4.69) is 19.9 Å². The fourth-order valence-electron chi connectivity index (χ4n) is 1.95. The Kier molecular flexibility index (Phi) is 3.34. The molecule has 1 nitrogen and oxygen atoms in total. The Morgan fingerprint density at radius 2 is 2.33 bits per heavy atom. The smallest absolute Gasteiger partial charge is 0.0625 e. The van der Waals surface area contributed by atoms with Crippen molar-refractivity contribution < 1.29 is 0 Å². The molecule has 0 N–H and O–H groups in total. The van der Waals surface area contributed by atoms with Gasteiger partial charge in [0.25, 0.3) is 0 Å². The average molecular weight is 163 g/mol. The fraction of sp³-hybridized carbons (Fsp3) is 0.727. The number of hydrogen-bond acceptors (Lipinski definition) is 1. The predicted octanol–water partition coefficient (Wildman–Crippen LogP) is 3.43. The molecule has 0 aromatic rings. The molecule has 0 spiro atoms. The molecule has 0 aromatic carbocycles. The summed E-state index contributed by atoms with van der Waals surface area (Å²) in [7, 11) is 0. The second kappa shape index (κ2) is 4.30. The van der Waals surface area contributed by atoms with Crippen molar-refractivity contribution in [1.82, 2.24) is 0 Å². The minimum atomic E-state index is 0.695. The van der Waals surface area contributed by atoms with Crippen LogP contribution in [0.3, 0.4) is 0 Å². The van der Waals surface area contributed by atoms with Gasteiger partial charge in [0, 0.05) is 6.42 Å². The van der Waals surface area contributed by atoms with E-state index in [9.17, 15) is 0 Å². The van der Waals surface area contributed by atoms with Gasteiger partial charge in [-0.2, -0.15) is 5.26 Å². The third-order valence-corrected chi connectivity index (χ3v) is 2.74. The van der Waals surface area contributed by atoms with E-state index in [1.165, 1.54) is 19.3 Å². The molecule has 1 aliphatic carbocycles. The summed E-state index contributed by atoms with van der Waals surface area (Å²) in [6.07, 6.45) is 5.50. The van der Waals surface area contributed by atoms with Crippen LogP contribution in [0.1, 0.15) is 46.0 Å². The van der Waals surface area contributed by atoms with Crippen molar-refractivity contribution in [2.75, 3.05) is 0 Å². The lowest BCUT2D eigenvalue weighted by Crippen LogP contribution is -2.05. The minimum Gasteiger partial charge on any atom is -0.198 e. The number of hydrogen-bond donors (Lipinski definition) is 0. The third-order valence-electron chi connectivity index (χ3n) is 2.74. The van der Waals surface area contributed by atoms with Crippen LogP contribution < -0.4 is 0 Å². The lowest BCUT2D eigenvalue weighted by molar-refractivity contribution is 0.488. The number of nitrogens with zero attached hydrogens (tertiary/aromatic N) is 1. The summed E-state index contributed by atoms with van der Waals surface area (Å²) in [4.78, 5) is 0. The van der Waals surface area contributed by atoms with Crippen LogP contribution >= 0.6 is 0 Å². The van der Waals surface area contributed by atoms with Gasteiger partial charge in [0.2, 0.25) is 0 Å². The van der Waals surface area contributed by atoms with Gasteiger partial charge in [0.1, 0.15) is 0 Å². The molecular formula is C11H17N. The molecule has 0 bridgehead atoms. The molecule has 12 heavy (non-hydrogen) atoms. The quantitative estimate of drug-likeness (QED) is 0.572. The Labute approximate surface area is 75.1 Å². The van der Waals surface area contributed by atoms with Gasteiger partial charge in [-0.05, 0) is 38.5 Å². The SMILES string of the molecule is CC1=C(CCC#N)CCC(C)C1. The van der Waals surface area contributed by atoms with Crippen LogP contribution in [0.15, 0.2) is 11.1 Å². The molecule has 0 amide bonds. The van der Waals surface area contributed by atoms with E-state index in [4.69, 9.17) is 5.26 Å². The minimum absolute atomic E-state index is 0.695. The first-order valence-corrected chi connectivity index (χ1v) is 4.78. The van der Waals surface area contributed by atoms with Gasteiger partial charge in [-0.15, -0.1) is 0 Å². The molecule has 66 valence electrons. The highest BCUT2D eigenvalue weighted by molar-refractivity contribution is 5.16. The van der Waals surface area contributed by atoms with Crippen molar-refractivity contribution in [2.45, 2.75) is 46.0 Å². The maximum atomic E-state index is 8.46. The van der Waals surface area contributed by atoms with Crippen molar-refractivity contribution in [3.05, 3.63) is 11.1 Å². The van der Waals surface area contributed by atoms with Gasteiger partial charge >= 0.3 is 0 Å². The van der Waals surface area contributed by atoms with E-state index in [-0.39, 0.29) is 0 Å². The van der Waals surface area contributed by atoms with E-state index in [1.807, 2.05) is 0 Å². The van der Waals surface area contributed by atoms with Crippen molar-refractivity contribution in [1.29, 1.82) is 5.26 Å². The van der Waals surface area contributed by atoms with Crippen molar-refractivity contribution in [3.63, 3.8) is 0 Å². The second-order valence-corrected chi connectivity index (χ2v) is 3.89. The monoisotopic (exact) mass is 163 g/mol. The van der Waals surface area contributed by atoms with Gasteiger partial charge in [-0.1, -0.05) is 18.1 Å². The molecule has 0 saturated heterocycles. The lowest BCUT2D eigenvalue weighted by atomic mass is 9.84. The van der Waals surface area contributed by atoms with Gasteiger partial charge in [-0.25, -0.2) is 0 Å². The highest BCUT2D eigenvalue weighted by atomic mass is 14.2. The maximum absolute atomic E-state index is 8.46.